The van der Waals surface area contributed by atoms with Crippen molar-refractivity contribution in [3.8, 4) is 0 Å². The predicted octanol–water partition coefficient (Wildman–Crippen LogP) is 3.39. The van der Waals surface area contributed by atoms with E-state index in [9.17, 15) is 0 Å². The van der Waals surface area contributed by atoms with Gasteiger partial charge >= 0.3 is 0 Å². The van der Waals surface area contributed by atoms with Crippen molar-refractivity contribution in [2.45, 2.75) is 39.5 Å². The van der Waals surface area contributed by atoms with Crippen LogP contribution in [-0.2, 0) is 0 Å². The van der Waals surface area contributed by atoms with Crippen LogP contribution >= 0.6 is 0 Å². The Bertz CT molecular complexity index is 113. The van der Waals surface area contributed by atoms with E-state index in [-0.39, 0.29) is 0 Å². The summed E-state index contributed by atoms with van der Waals surface area (Å²) in [5, 5.41) is 0. The Balaban J connectivity index is 1.91. The van der Waals surface area contributed by atoms with Gasteiger partial charge < -0.3 is 0 Å². The second-order valence-corrected chi connectivity index (χ2v) is 3.43. The lowest BCUT2D eigenvalue weighted by atomic mass is 10.2. The van der Waals surface area contributed by atoms with Gasteiger partial charge in [0, 0.05) is 0 Å². The molecule has 0 bridgehead atoms. The van der Waals surface area contributed by atoms with Crippen molar-refractivity contribution in [2.24, 2.45) is 11.8 Å². The molecule has 0 nitrogen and oxygen atoms in total. The summed E-state index contributed by atoms with van der Waals surface area (Å²) >= 11 is 0. The van der Waals surface area contributed by atoms with E-state index in [2.05, 4.69) is 26.0 Å². The lowest BCUT2D eigenvalue weighted by molar-refractivity contribution is 0.683. The van der Waals surface area contributed by atoms with Crippen molar-refractivity contribution in [3.05, 3.63) is 12.2 Å². The van der Waals surface area contributed by atoms with Crippen LogP contribution in [0.25, 0.3) is 0 Å². The zero-order valence-electron chi connectivity index (χ0n) is 7.14. The van der Waals surface area contributed by atoms with Crippen molar-refractivity contribution in [3.63, 3.8) is 0 Å². The summed E-state index contributed by atoms with van der Waals surface area (Å²) in [5.41, 5.74) is 0. The Morgan fingerprint density at radius 1 is 1.40 bits per heavy atom. The van der Waals surface area contributed by atoms with E-state index < -0.39 is 0 Å². The molecular weight excluding hydrogens is 120 g/mol. The molecule has 0 radical (unpaired) electrons. The molecule has 1 aliphatic carbocycles. The summed E-state index contributed by atoms with van der Waals surface area (Å²) in [6.45, 7) is 4.55. The fourth-order valence-corrected chi connectivity index (χ4v) is 1.40. The van der Waals surface area contributed by atoms with E-state index in [0.717, 1.165) is 11.8 Å². The van der Waals surface area contributed by atoms with Gasteiger partial charge in [-0.3, -0.25) is 0 Å². The maximum absolute atomic E-state index is 2.36. The first-order valence-electron chi connectivity index (χ1n) is 4.49. The van der Waals surface area contributed by atoms with Gasteiger partial charge in [-0.25, -0.2) is 0 Å². The van der Waals surface area contributed by atoms with Crippen LogP contribution < -0.4 is 0 Å². The molecule has 0 heterocycles. The Kier molecular flexibility index (Phi) is 2.98. The molecule has 10 heavy (non-hydrogen) atoms. The number of hydrogen-bond acceptors (Lipinski definition) is 0. The molecule has 2 unspecified atom stereocenters. The van der Waals surface area contributed by atoms with E-state index >= 15 is 0 Å². The topological polar surface area (TPSA) is 0 Å². The fourth-order valence-electron chi connectivity index (χ4n) is 1.40. The van der Waals surface area contributed by atoms with Crippen molar-refractivity contribution < 1.29 is 0 Å². The average Bonchev–Trinajstić information content (AvgIpc) is 2.60. The summed E-state index contributed by atoms with van der Waals surface area (Å²) in [5.74, 6) is 2.11. The van der Waals surface area contributed by atoms with Crippen molar-refractivity contribution in [2.75, 3.05) is 0 Å². The second kappa shape index (κ2) is 3.80. The summed E-state index contributed by atoms with van der Waals surface area (Å²) in [6.07, 6.45) is 10.0. The smallest absolute Gasteiger partial charge is 0.0348 e. The second-order valence-electron chi connectivity index (χ2n) is 3.43. The number of allylic oxidation sites excluding steroid dienone is 2. The van der Waals surface area contributed by atoms with Crippen LogP contribution in [0, 0.1) is 11.8 Å². The predicted molar refractivity (Wildman–Crippen MR) is 45.9 cm³/mol. The highest BCUT2D eigenvalue weighted by molar-refractivity contribution is 4.87. The van der Waals surface area contributed by atoms with Gasteiger partial charge in [0.2, 0.25) is 0 Å². The molecule has 58 valence electrons. The minimum Gasteiger partial charge on any atom is -0.0888 e. The lowest BCUT2D eigenvalue weighted by Gasteiger charge is -1.90. The first kappa shape index (κ1) is 7.84. The molecule has 1 aliphatic rings. The molecule has 2 atom stereocenters. The molecule has 0 aromatic carbocycles. The zero-order valence-corrected chi connectivity index (χ0v) is 7.14. The Morgan fingerprint density at radius 3 is 2.60 bits per heavy atom. The molecular formula is C10H18. The van der Waals surface area contributed by atoms with Gasteiger partial charge in [-0.1, -0.05) is 26.0 Å². The van der Waals surface area contributed by atoms with Crippen molar-refractivity contribution in [1.29, 1.82) is 0 Å². The van der Waals surface area contributed by atoms with Gasteiger partial charge in [-0.15, -0.1) is 0 Å². The molecule has 0 aromatic rings. The Morgan fingerprint density at radius 2 is 2.10 bits per heavy atom. The molecule has 1 saturated carbocycles. The Hall–Kier alpha value is -0.260. The highest BCUT2D eigenvalue weighted by atomic mass is 14.4. The van der Waals surface area contributed by atoms with Gasteiger partial charge in [-0.2, -0.15) is 0 Å². The summed E-state index contributed by atoms with van der Waals surface area (Å²) < 4.78 is 0. The highest BCUT2D eigenvalue weighted by Gasteiger charge is 2.30. The molecule has 0 saturated heterocycles. The molecule has 0 aliphatic heterocycles. The molecule has 0 amide bonds. The van der Waals surface area contributed by atoms with E-state index in [0.29, 0.717) is 0 Å². The number of rotatable bonds is 4. The van der Waals surface area contributed by atoms with Crippen LogP contribution in [0.5, 0.6) is 0 Å². The van der Waals surface area contributed by atoms with Gasteiger partial charge in [0.1, 0.15) is 0 Å². The van der Waals surface area contributed by atoms with Crippen molar-refractivity contribution in [1.82, 2.24) is 0 Å². The van der Waals surface area contributed by atoms with Crippen LogP contribution in [0.15, 0.2) is 12.2 Å². The molecule has 0 heteroatoms. The first-order valence-corrected chi connectivity index (χ1v) is 4.49. The quantitative estimate of drug-likeness (QED) is 0.522. The third kappa shape index (κ3) is 2.55. The lowest BCUT2D eigenvalue weighted by Crippen LogP contribution is -1.76. The number of hydrogen-bond donors (Lipinski definition) is 0. The van der Waals surface area contributed by atoms with E-state index in [1.165, 1.54) is 25.7 Å². The summed E-state index contributed by atoms with van der Waals surface area (Å²) in [6, 6.07) is 0. The van der Waals surface area contributed by atoms with Crippen LogP contribution in [-0.4, -0.2) is 0 Å². The molecule has 1 rings (SSSR count). The van der Waals surface area contributed by atoms with E-state index in [1.807, 2.05) is 0 Å². The molecule has 0 aromatic heterocycles. The van der Waals surface area contributed by atoms with E-state index in [1.54, 1.807) is 0 Å². The van der Waals surface area contributed by atoms with Crippen LogP contribution in [0.2, 0.25) is 0 Å². The van der Waals surface area contributed by atoms with Crippen molar-refractivity contribution >= 4 is 0 Å². The summed E-state index contributed by atoms with van der Waals surface area (Å²) in [7, 11) is 0. The molecule has 0 N–H and O–H groups in total. The average molecular weight is 138 g/mol. The van der Waals surface area contributed by atoms with Gasteiger partial charge in [0.15, 0.2) is 0 Å². The van der Waals surface area contributed by atoms with Gasteiger partial charge in [0.25, 0.3) is 0 Å². The fraction of sp³-hybridized carbons (Fsp3) is 0.800. The van der Waals surface area contributed by atoms with E-state index in [4.69, 9.17) is 0 Å². The minimum atomic E-state index is 1.04. The highest BCUT2D eigenvalue weighted by Crippen LogP contribution is 2.41. The summed E-state index contributed by atoms with van der Waals surface area (Å²) in [4.78, 5) is 0. The minimum absolute atomic E-state index is 1.04. The monoisotopic (exact) mass is 138 g/mol. The van der Waals surface area contributed by atoms with Crippen LogP contribution in [0.3, 0.4) is 0 Å². The molecule has 1 fully saturated rings. The van der Waals surface area contributed by atoms with Crippen LogP contribution in [0.4, 0.5) is 0 Å². The Labute approximate surface area is 64.3 Å². The largest absolute Gasteiger partial charge is 0.0888 e. The SMILES string of the molecule is CCC=CCCC1CC1C. The normalized spacial score (nSPS) is 31.4. The maximum atomic E-state index is 2.36. The molecule has 0 spiro atoms. The van der Waals surface area contributed by atoms with Gasteiger partial charge in [0.05, 0.1) is 0 Å². The zero-order chi connectivity index (χ0) is 7.40. The third-order valence-corrected chi connectivity index (χ3v) is 2.38. The van der Waals surface area contributed by atoms with Crippen LogP contribution in [0.1, 0.15) is 39.5 Å². The third-order valence-electron chi connectivity index (χ3n) is 2.38. The standard InChI is InChI=1S/C10H18/c1-3-4-5-6-7-10-8-9(10)2/h4-5,9-10H,3,6-8H2,1-2H3. The first-order chi connectivity index (χ1) is 4.84. The van der Waals surface area contributed by atoms with Gasteiger partial charge in [-0.05, 0) is 37.5 Å². The maximum Gasteiger partial charge on any atom is -0.0348 e.